The van der Waals surface area contributed by atoms with Crippen molar-refractivity contribution in [1.82, 2.24) is 20.4 Å². The fraction of sp³-hybridized carbons (Fsp3) is 0.174. The Hall–Kier alpha value is -4.87. The lowest BCUT2D eigenvalue weighted by atomic mass is 10.2. The van der Waals surface area contributed by atoms with E-state index in [-0.39, 0.29) is 11.1 Å². The number of hydrogen-bond acceptors (Lipinski definition) is 9. The minimum atomic E-state index is -0.856. The molecule has 12 nitrogen and oxygen atoms in total. The largest absolute Gasteiger partial charge is 0.493 e. The first-order chi connectivity index (χ1) is 16.9. The molecule has 2 aromatic carbocycles. The third-order valence-electron chi connectivity index (χ3n) is 4.98. The highest BCUT2D eigenvalue weighted by Gasteiger charge is 2.16. The van der Waals surface area contributed by atoms with Crippen molar-refractivity contribution < 1.29 is 33.0 Å². The highest BCUT2D eigenvalue weighted by Crippen LogP contribution is 2.27. The summed E-state index contributed by atoms with van der Waals surface area (Å²) in [6.07, 6.45) is 1.21. The molecule has 0 aliphatic rings. The summed E-state index contributed by atoms with van der Waals surface area (Å²) in [6.45, 7) is -1.16. The molecule has 0 saturated heterocycles. The highest BCUT2D eigenvalue weighted by atomic mass is 16.5. The second kappa shape index (κ2) is 9.95. The predicted octanol–water partition coefficient (Wildman–Crippen LogP) is 1.16. The van der Waals surface area contributed by atoms with E-state index >= 15 is 0 Å². The number of benzene rings is 2. The maximum Gasteiger partial charge on any atom is 0.326 e. The number of fused-ring (bicyclic) bond motifs is 3. The Morgan fingerprint density at radius 3 is 2.57 bits per heavy atom. The van der Waals surface area contributed by atoms with Gasteiger partial charge in [-0.15, -0.1) is 0 Å². The second-order valence-electron chi connectivity index (χ2n) is 7.19. The Kier molecular flexibility index (Phi) is 6.62. The van der Waals surface area contributed by atoms with Crippen LogP contribution in [-0.4, -0.2) is 48.2 Å². The van der Waals surface area contributed by atoms with E-state index in [1.807, 2.05) is 0 Å². The summed E-state index contributed by atoms with van der Waals surface area (Å²) in [7, 11) is 2.89. The zero-order chi connectivity index (χ0) is 24.9. The van der Waals surface area contributed by atoms with E-state index in [9.17, 15) is 19.2 Å². The maximum absolute atomic E-state index is 12.6. The molecule has 4 aromatic rings. The van der Waals surface area contributed by atoms with Crippen LogP contribution < -0.4 is 25.9 Å². The van der Waals surface area contributed by atoms with Gasteiger partial charge in [-0.05, 0) is 30.3 Å². The number of esters is 1. The molecule has 2 heterocycles. The predicted molar refractivity (Wildman–Crippen MR) is 122 cm³/mol. The van der Waals surface area contributed by atoms with Crippen LogP contribution in [0.15, 0.2) is 58.0 Å². The van der Waals surface area contributed by atoms with Gasteiger partial charge in [0.1, 0.15) is 17.6 Å². The van der Waals surface area contributed by atoms with Gasteiger partial charge in [-0.1, -0.05) is 12.1 Å². The average Bonchev–Trinajstić information content (AvgIpc) is 3.26. The minimum Gasteiger partial charge on any atom is -0.493 e. The molecule has 180 valence electrons. The lowest BCUT2D eigenvalue weighted by molar-refractivity contribution is -0.149. The number of rotatable bonds is 7. The number of nitrogens with one attached hydrogen (secondary N) is 2. The Balaban J connectivity index is 1.31. The number of carbonyl (C=O) groups excluding carboxylic acids is 3. The van der Waals surface area contributed by atoms with Crippen molar-refractivity contribution >= 4 is 39.9 Å². The van der Waals surface area contributed by atoms with Crippen molar-refractivity contribution in [2.24, 2.45) is 0 Å². The third kappa shape index (κ3) is 4.90. The number of para-hydroxylation sites is 1. The number of aromatic nitrogens is 2. The van der Waals surface area contributed by atoms with Gasteiger partial charge in [0.25, 0.3) is 17.4 Å². The molecule has 2 amide bonds. The number of amides is 2. The molecule has 0 aliphatic heterocycles. The van der Waals surface area contributed by atoms with Crippen LogP contribution in [0.4, 0.5) is 0 Å². The van der Waals surface area contributed by atoms with Crippen molar-refractivity contribution in [3.63, 3.8) is 0 Å². The van der Waals surface area contributed by atoms with Crippen molar-refractivity contribution in [3.05, 3.63) is 64.7 Å². The average molecular weight is 480 g/mol. The number of furan rings is 1. The fourth-order valence-electron chi connectivity index (χ4n) is 3.27. The first-order valence-electron chi connectivity index (χ1n) is 10.2. The van der Waals surface area contributed by atoms with Gasteiger partial charge in [0.05, 0.1) is 20.5 Å². The number of carbonyl (C=O) groups is 3. The molecular weight excluding hydrogens is 460 g/mol. The number of hydrogen-bond donors (Lipinski definition) is 2. The summed E-state index contributed by atoms with van der Waals surface area (Å²) in [4.78, 5) is 53.2. The molecule has 2 aromatic heterocycles. The summed E-state index contributed by atoms with van der Waals surface area (Å²) in [5.74, 6) is -1.49. The molecule has 35 heavy (non-hydrogen) atoms. The number of methoxy groups -OCH3 is 2. The summed E-state index contributed by atoms with van der Waals surface area (Å²) >= 11 is 0. The molecular formula is C23H20N4O8. The Bertz CT molecular complexity index is 1490. The van der Waals surface area contributed by atoms with Crippen LogP contribution in [0.1, 0.15) is 10.4 Å². The third-order valence-corrected chi connectivity index (χ3v) is 4.98. The van der Waals surface area contributed by atoms with E-state index in [1.165, 1.54) is 38.7 Å². The van der Waals surface area contributed by atoms with Crippen molar-refractivity contribution in [2.75, 3.05) is 20.8 Å². The first-order valence-corrected chi connectivity index (χ1v) is 10.2. The topological polar surface area (TPSA) is 151 Å². The molecule has 0 saturated carbocycles. The van der Waals surface area contributed by atoms with Crippen LogP contribution >= 0.6 is 0 Å². The molecule has 0 fully saturated rings. The molecule has 0 aliphatic carbocycles. The Morgan fingerprint density at radius 2 is 1.80 bits per heavy atom. The molecule has 0 bridgehead atoms. The van der Waals surface area contributed by atoms with Crippen LogP contribution in [0.5, 0.6) is 11.5 Å². The van der Waals surface area contributed by atoms with E-state index in [0.29, 0.717) is 28.0 Å². The number of ether oxygens (including phenoxy) is 3. The molecule has 2 N–H and O–H groups in total. The standard InChI is InChI=1S/C23H20N4O8/c1-32-16-8-7-13(9-17(16)33-2)22(30)26-25-18(28)11-34-19(29)10-27-12-24-20-14-5-3-4-6-15(14)35-21(20)23(27)31/h3-9,12H,10-11H2,1-2H3,(H,25,28)(H,26,30). The van der Waals surface area contributed by atoms with Crippen LogP contribution in [0.3, 0.4) is 0 Å². The summed E-state index contributed by atoms with van der Waals surface area (Å²) in [5.41, 5.74) is 4.87. The lowest BCUT2D eigenvalue weighted by Crippen LogP contribution is -2.43. The number of hydrazine groups is 1. The number of nitrogens with zero attached hydrogens (tertiary/aromatic N) is 2. The molecule has 0 atom stereocenters. The SMILES string of the molecule is COc1ccc(C(=O)NNC(=O)COC(=O)Cn2cnc3c(oc4ccccc43)c2=O)cc1OC. The van der Waals surface area contributed by atoms with E-state index in [0.717, 1.165) is 4.57 Å². The van der Waals surface area contributed by atoms with E-state index in [1.54, 1.807) is 24.3 Å². The summed E-state index contributed by atoms with van der Waals surface area (Å²) in [5, 5.41) is 0.682. The quantitative estimate of drug-likeness (QED) is 0.293. The van der Waals surface area contributed by atoms with Crippen molar-refractivity contribution in [3.8, 4) is 11.5 Å². The molecule has 4 rings (SSSR count). The van der Waals surface area contributed by atoms with E-state index in [4.69, 9.17) is 18.6 Å². The van der Waals surface area contributed by atoms with Crippen LogP contribution in [-0.2, 0) is 20.9 Å². The molecule has 12 heteroatoms. The normalized spacial score (nSPS) is 10.7. The zero-order valence-electron chi connectivity index (χ0n) is 18.7. The maximum atomic E-state index is 12.6. The van der Waals surface area contributed by atoms with Crippen LogP contribution in [0, 0.1) is 0 Å². The van der Waals surface area contributed by atoms with Gasteiger partial charge in [0.2, 0.25) is 5.58 Å². The van der Waals surface area contributed by atoms with Gasteiger partial charge >= 0.3 is 5.97 Å². The van der Waals surface area contributed by atoms with Gasteiger partial charge in [0, 0.05) is 10.9 Å². The lowest BCUT2D eigenvalue weighted by Gasteiger charge is -2.11. The van der Waals surface area contributed by atoms with E-state index < -0.39 is 36.5 Å². The minimum absolute atomic E-state index is 0.0112. The van der Waals surface area contributed by atoms with Gasteiger partial charge in [-0.25, -0.2) is 4.98 Å². The highest BCUT2D eigenvalue weighted by molar-refractivity contribution is 6.01. The van der Waals surface area contributed by atoms with Crippen molar-refractivity contribution in [1.29, 1.82) is 0 Å². The van der Waals surface area contributed by atoms with Gasteiger partial charge in [-0.3, -0.25) is 34.6 Å². The molecule has 0 unspecified atom stereocenters. The summed E-state index contributed by atoms with van der Waals surface area (Å²) in [6, 6.07) is 11.5. The smallest absolute Gasteiger partial charge is 0.326 e. The van der Waals surface area contributed by atoms with Crippen molar-refractivity contribution in [2.45, 2.75) is 6.54 Å². The van der Waals surface area contributed by atoms with Gasteiger partial charge in [-0.2, -0.15) is 0 Å². The van der Waals surface area contributed by atoms with Crippen LogP contribution in [0.2, 0.25) is 0 Å². The first kappa shape index (κ1) is 23.3. The molecule has 0 radical (unpaired) electrons. The van der Waals surface area contributed by atoms with Gasteiger partial charge in [0.15, 0.2) is 18.1 Å². The Morgan fingerprint density at radius 1 is 1.03 bits per heavy atom. The zero-order valence-corrected chi connectivity index (χ0v) is 18.7. The van der Waals surface area contributed by atoms with E-state index in [2.05, 4.69) is 15.8 Å². The summed E-state index contributed by atoms with van der Waals surface area (Å²) < 4.78 is 21.7. The van der Waals surface area contributed by atoms with Crippen LogP contribution in [0.25, 0.3) is 22.1 Å². The molecule has 0 spiro atoms. The monoisotopic (exact) mass is 480 g/mol. The fourth-order valence-corrected chi connectivity index (χ4v) is 3.27. The second-order valence-corrected chi connectivity index (χ2v) is 7.19. The van der Waals surface area contributed by atoms with Gasteiger partial charge < -0.3 is 18.6 Å². The Labute approximate surface area is 197 Å².